The number of guanidine groups is 1. The van der Waals surface area contributed by atoms with Crippen molar-refractivity contribution >= 4 is 41.3 Å². The smallest absolute Gasteiger partial charge is 0.356 e. The maximum absolute atomic E-state index is 12.6. The normalized spacial score (nSPS) is 13.0. The van der Waals surface area contributed by atoms with Crippen LogP contribution in [0, 0.1) is 0 Å². The maximum Gasteiger partial charge on any atom is 0.434 e. The van der Waals surface area contributed by atoms with Crippen molar-refractivity contribution in [2.24, 2.45) is 4.99 Å². The van der Waals surface area contributed by atoms with E-state index in [1.54, 1.807) is 7.05 Å². The Labute approximate surface area is 178 Å². The number of aromatic nitrogens is 1. The van der Waals surface area contributed by atoms with Gasteiger partial charge in [-0.05, 0) is 24.5 Å². The zero-order chi connectivity index (χ0) is 19.2. The summed E-state index contributed by atoms with van der Waals surface area (Å²) in [5.74, 6) is 0.602. The fraction of sp³-hybridized carbons (Fsp3) is 0.444. The third-order valence-electron chi connectivity index (χ3n) is 3.94. The van der Waals surface area contributed by atoms with Gasteiger partial charge in [0.15, 0.2) is 11.7 Å². The van der Waals surface area contributed by atoms with Gasteiger partial charge < -0.3 is 10.6 Å². The first-order chi connectivity index (χ1) is 12.3. The number of hydrogen-bond acceptors (Lipinski definition) is 3. The molecule has 0 fully saturated rings. The first-order valence-electron chi connectivity index (χ1n) is 8.41. The third-order valence-corrected chi connectivity index (χ3v) is 4.85. The van der Waals surface area contributed by atoms with Crippen LogP contribution in [0.4, 0.5) is 13.2 Å². The van der Waals surface area contributed by atoms with Gasteiger partial charge in [0.25, 0.3) is 0 Å². The molecule has 9 heteroatoms. The summed E-state index contributed by atoms with van der Waals surface area (Å²) in [6, 6.07) is 8.42. The number of thiazole rings is 1. The molecule has 2 aromatic rings. The summed E-state index contributed by atoms with van der Waals surface area (Å²) in [5.41, 5.74) is 1.59. The molecular weight excluding hydrogens is 488 g/mol. The second-order valence-electron chi connectivity index (χ2n) is 5.83. The van der Waals surface area contributed by atoms with Gasteiger partial charge in [0.1, 0.15) is 0 Å². The van der Waals surface area contributed by atoms with Crippen molar-refractivity contribution in [2.45, 2.75) is 38.9 Å². The van der Waals surface area contributed by atoms with Crippen LogP contribution >= 0.6 is 35.3 Å². The van der Waals surface area contributed by atoms with Crippen LogP contribution in [0.1, 0.15) is 41.7 Å². The van der Waals surface area contributed by atoms with E-state index in [2.05, 4.69) is 51.8 Å². The van der Waals surface area contributed by atoms with Gasteiger partial charge in [-0.2, -0.15) is 13.2 Å². The average Bonchev–Trinajstić information content (AvgIpc) is 3.10. The molecule has 1 aromatic carbocycles. The molecular formula is C18H24F3IN4S. The van der Waals surface area contributed by atoms with E-state index in [1.807, 2.05) is 6.92 Å². The van der Waals surface area contributed by atoms with Crippen molar-refractivity contribution < 1.29 is 13.2 Å². The van der Waals surface area contributed by atoms with Crippen molar-refractivity contribution in [3.05, 3.63) is 51.5 Å². The predicted octanol–water partition coefficient (Wildman–Crippen LogP) is 4.81. The van der Waals surface area contributed by atoms with Gasteiger partial charge in [-0.15, -0.1) is 35.3 Å². The van der Waals surface area contributed by atoms with Crippen LogP contribution in [-0.2, 0) is 19.0 Å². The molecule has 0 spiro atoms. The molecule has 0 aliphatic carbocycles. The van der Waals surface area contributed by atoms with Crippen molar-refractivity contribution in [1.82, 2.24) is 15.6 Å². The molecule has 150 valence electrons. The topological polar surface area (TPSA) is 49.3 Å². The summed E-state index contributed by atoms with van der Waals surface area (Å²) < 4.78 is 37.7. The molecule has 0 aliphatic rings. The molecule has 2 rings (SSSR count). The molecule has 0 saturated heterocycles. The van der Waals surface area contributed by atoms with E-state index in [4.69, 9.17) is 0 Å². The lowest BCUT2D eigenvalue weighted by Gasteiger charge is -2.18. The first kappa shape index (κ1) is 23.7. The van der Waals surface area contributed by atoms with Crippen LogP contribution in [0.2, 0.25) is 0 Å². The number of rotatable bonds is 6. The van der Waals surface area contributed by atoms with Crippen LogP contribution in [0.15, 0.2) is 34.6 Å². The van der Waals surface area contributed by atoms with Gasteiger partial charge in [-0.1, -0.05) is 31.2 Å². The number of halogens is 4. The lowest BCUT2D eigenvalue weighted by Crippen LogP contribution is -2.39. The number of nitrogens with zero attached hydrogens (tertiary/aromatic N) is 2. The molecule has 1 atom stereocenters. The highest BCUT2D eigenvalue weighted by Gasteiger charge is 2.33. The summed E-state index contributed by atoms with van der Waals surface area (Å²) in [7, 11) is 1.66. The van der Waals surface area contributed by atoms with E-state index in [1.165, 1.54) is 5.56 Å². The second-order valence-corrected chi connectivity index (χ2v) is 6.78. The van der Waals surface area contributed by atoms with Gasteiger partial charge in [-0.25, -0.2) is 4.98 Å². The summed E-state index contributed by atoms with van der Waals surface area (Å²) in [5, 5.41) is 7.89. The molecule has 27 heavy (non-hydrogen) atoms. The van der Waals surface area contributed by atoms with E-state index < -0.39 is 11.9 Å². The summed E-state index contributed by atoms with van der Waals surface area (Å²) in [6.45, 7) is 4.60. The highest BCUT2D eigenvalue weighted by atomic mass is 127. The van der Waals surface area contributed by atoms with E-state index in [-0.39, 0.29) is 30.0 Å². The summed E-state index contributed by atoms with van der Waals surface area (Å²) >= 11 is 1.02. The first-order valence-corrected chi connectivity index (χ1v) is 9.29. The largest absolute Gasteiger partial charge is 0.434 e. The third kappa shape index (κ3) is 7.28. The van der Waals surface area contributed by atoms with Gasteiger partial charge in [0.2, 0.25) is 0 Å². The van der Waals surface area contributed by atoms with Gasteiger partial charge in [0.05, 0.1) is 11.0 Å². The van der Waals surface area contributed by atoms with Crippen molar-refractivity contribution in [3.8, 4) is 0 Å². The predicted molar refractivity (Wildman–Crippen MR) is 115 cm³/mol. The van der Waals surface area contributed by atoms with E-state index >= 15 is 0 Å². The molecule has 1 unspecified atom stereocenters. The monoisotopic (exact) mass is 512 g/mol. The number of benzene rings is 1. The molecule has 0 amide bonds. The van der Waals surface area contributed by atoms with Crippen LogP contribution < -0.4 is 10.6 Å². The maximum atomic E-state index is 12.6. The van der Waals surface area contributed by atoms with Crippen LogP contribution in [0.3, 0.4) is 0 Å². The van der Waals surface area contributed by atoms with Crippen LogP contribution in [0.25, 0.3) is 0 Å². The molecule has 4 nitrogen and oxygen atoms in total. The molecule has 2 N–H and O–H groups in total. The zero-order valence-corrected chi connectivity index (χ0v) is 18.6. The van der Waals surface area contributed by atoms with Gasteiger partial charge >= 0.3 is 6.18 Å². The highest BCUT2D eigenvalue weighted by molar-refractivity contribution is 14.0. The Morgan fingerprint density at radius 3 is 2.44 bits per heavy atom. The molecule has 0 saturated carbocycles. The second kappa shape index (κ2) is 10.8. The minimum absolute atomic E-state index is 0. The number of aliphatic imine (C=N–C) groups is 1. The zero-order valence-electron chi connectivity index (χ0n) is 15.4. The lowest BCUT2D eigenvalue weighted by molar-refractivity contribution is -0.140. The Balaban J connectivity index is 0.00000364. The van der Waals surface area contributed by atoms with Crippen molar-refractivity contribution in [1.29, 1.82) is 0 Å². The Bertz CT molecular complexity index is 729. The Morgan fingerprint density at radius 1 is 1.26 bits per heavy atom. The fourth-order valence-corrected chi connectivity index (χ4v) is 3.17. The Morgan fingerprint density at radius 2 is 1.93 bits per heavy atom. The van der Waals surface area contributed by atoms with E-state index in [0.29, 0.717) is 23.9 Å². The molecule has 1 aromatic heterocycles. The number of hydrogen-bond donors (Lipinski definition) is 2. The highest BCUT2D eigenvalue weighted by Crippen LogP contribution is 2.30. The number of nitrogens with one attached hydrogen (secondary N) is 2. The average molecular weight is 512 g/mol. The number of alkyl halides is 3. The van der Waals surface area contributed by atoms with Crippen LogP contribution in [-0.4, -0.2) is 24.5 Å². The summed E-state index contributed by atoms with van der Waals surface area (Å²) in [4.78, 5) is 7.78. The SMILES string of the molecule is CCc1ccc(C(C)NC(=NC)NCCc2nc(C(F)(F)F)cs2)cc1.I. The van der Waals surface area contributed by atoms with Crippen molar-refractivity contribution in [2.75, 3.05) is 13.6 Å². The van der Waals surface area contributed by atoms with Crippen molar-refractivity contribution in [3.63, 3.8) is 0 Å². The Hall–Kier alpha value is -1.36. The van der Waals surface area contributed by atoms with E-state index in [0.717, 1.165) is 28.7 Å². The lowest BCUT2D eigenvalue weighted by atomic mass is 10.1. The molecule has 0 radical (unpaired) electrons. The minimum atomic E-state index is -4.39. The minimum Gasteiger partial charge on any atom is -0.356 e. The fourth-order valence-electron chi connectivity index (χ4n) is 2.37. The van der Waals surface area contributed by atoms with Gasteiger partial charge in [0, 0.05) is 25.4 Å². The summed E-state index contributed by atoms with van der Waals surface area (Å²) in [6.07, 6.45) is -2.98. The Kier molecular flexibility index (Phi) is 9.51. The molecule has 1 heterocycles. The van der Waals surface area contributed by atoms with E-state index in [9.17, 15) is 13.2 Å². The van der Waals surface area contributed by atoms with Gasteiger partial charge in [-0.3, -0.25) is 4.99 Å². The number of aryl methyl sites for hydroxylation is 1. The quantitative estimate of drug-likeness (QED) is 0.332. The van der Waals surface area contributed by atoms with Crippen LogP contribution in [0.5, 0.6) is 0 Å². The standard InChI is InChI=1S/C18H23F3N4S.HI/c1-4-13-5-7-14(8-6-13)12(2)24-17(22-3)23-10-9-16-25-15(11-26-16)18(19,20)21;/h5-8,11-12H,4,9-10H2,1-3H3,(H2,22,23,24);1H. The molecule has 0 aliphatic heterocycles. The molecule has 0 bridgehead atoms.